The van der Waals surface area contributed by atoms with E-state index >= 15 is 0 Å². The summed E-state index contributed by atoms with van der Waals surface area (Å²) < 4.78 is 5.68. The second kappa shape index (κ2) is 4.64. The van der Waals surface area contributed by atoms with Gasteiger partial charge >= 0.3 is 0 Å². The topological polar surface area (TPSA) is 30.2 Å². The first-order valence-corrected chi connectivity index (χ1v) is 6.66. The quantitative estimate of drug-likeness (QED) is 0.652. The fourth-order valence-electron chi connectivity index (χ4n) is 2.63. The highest BCUT2D eigenvalue weighted by Gasteiger charge is 2.11. The van der Waals surface area contributed by atoms with Gasteiger partial charge in [-0.25, -0.2) is 0 Å². The molecule has 0 saturated carbocycles. The molecule has 0 aliphatic carbocycles. The van der Waals surface area contributed by atoms with Crippen molar-refractivity contribution in [3.63, 3.8) is 0 Å². The van der Waals surface area contributed by atoms with Crippen LogP contribution >= 0.6 is 0 Å². The van der Waals surface area contributed by atoms with Gasteiger partial charge in [0.25, 0.3) is 0 Å². The van der Waals surface area contributed by atoms with Crippen molar-refractivity contribution >= 4 is 11.0 Å². The Labute approximate surface area is 117 Å². The zero-order valence-corrected chi connectivity index (χ0v) is 11.9. The molecule has 1 aromatic heterocycles. The summed E-state index contributed by atoms with van der Waals surface area (Å²) >= 11 is 0. The van der Waals surface area contributed by atoms with E-state index in [1.807, 2.05) is 57.2 Å². The third-order valence-electron chi connectivity index (χ3n) is 3.55. The third kappa shape index (κ3) is 2.03. The Morgan fingerprint density at radius 1 is 0.950 bits per heavy atom. The average molecular weight is 264 g/mol. The number of hydrogen-bond acceptors (Lipinski definition) is 2. The Kier molecular flexibility index (Phi) is 2.94. The lowest BCUT2D eigenvalue weighted by molar-refractivity contribution is 0.604. The molecule has 2 heteroatoms. The predicted octanol–water partition coefficient (Wildman–Crippen LogP) is 4.39. The summed E-state index contributed by atoms with van der Waals surface area (Å²) in [5, 5.41) is 0.676. The van der Waals surface area contributed by atoms with E-state index in [0.29, 0.717) is 16.5 Å². The van der Waals surface area contributed by atoms with Gasteiger partial charge in [0.2, 0.25) is 5.43 Å². The van der Waals surface area contributed by atoms with Crippen molar-refractivity contribution in [2.75, 3.05) is 0 Å². The van der Waals surface area contributed by atoms with E-state index in [9.17, 15) is 4.79 Å². The number of fused-ring (bicyclic) bond motifs is 1. The molecule has 0 spiro atoms. The third-order valence-corrected chi connectivity index (χ3v) is 3.55. The number of hydrogen-bond donors (Lipinski definition) is 0. The van der Waals surface area contributed by atoms with Crippen molar-refractivity contribution in [1.29, 1.82) is 0 Å². The van der Waals surface area contributed by atoms with E-state index in [-0.39, 0.29) is 5.43 Å². The van der Waals surface area contributed by atoms with Crippen molar-refractivity contribution in [2.45, 2.75) is 20.8 Å². The van der Waals surface area contributed by atoms with Gasteiger partial charge in [-0.3, -0.25) is 4.79 Å². The molecule has 3 aromatic rings. The number of benzene rings is 2. The largest absolute Gasteiger partial charge is 0.463 e. The zero-order valence-electron chi connectivity index (χ0n) is 11.9. The van der Waals surface area contributed by atoms with Gasteiger partial charge in [0.05, 0.1) is 10.9 Å². The molecule has 0 bridgehead atoms. The molecule has 20 heavy (non-hydrogen) atoms. The van der Waals surface area contributed by atoms with Crippen LogP contribution in [0.25, 0.3) is 22.1 Å². The van der Waals surface area contributed by atoms with E-state index < -0.39 is 0 Å². The maximum Gasteiger partial charge on any atom is 0.200 e. The zero-order chi connectivity index (χ0) is 14.3. The highest BCUT2D eigenvalue weighted by molar-refractivity contribution is 5.85. The lowest BCUT2D eigenvalue weighted by atomic mass is 10.0. The van der Waals surface area contributed by atoms with Gasteiger partial charge in [-0.1, -0.05) is 35.9 Å². The fourth-order valence-corrected chi connectivity index (χ4v) is 2.63. The van der Waals surface area contributed by atoms with Crippen LogP contribution in [0.4, 0.5) is 0 Å². The van der Waals surface area contributed by atoms with Gasteiger partial charge in [-0.2, -0.15) is 0 Å². The van der Waals surface area contributed by atoms with Crippen LogP contribution in [0, 0.1) is 20.8 Å². The van der Waals surface area contributed by atoms with Gasteiger partial charge in [0.1, 0.15) is 11.8 Å². The molecular formula is C18H16O2. The molecule has 0 fully saturated rings. The Hall–Kier alpha value is -2.35. The lowest BCUT2D eigenvalue weighted by Gasteiger charge is -2.06. The van der Waals surface area contributed by atoms with Crippen LogP contribution in [-0.2, 0) is 0 Å². The van der Waals surface area contributed by atoms with Crippen LogP contribution in [0.2, 0.25) is 0 Å². The van der Waals surface area contributed by atoms with E-state index in [0.717, 1.165) is 22.3 Å². The minimum atomic E-state index is 0.0364. The second-order valence-electron chi connectivity index (χ2n) is 5.30. The molecule has 0 saturated heterocycles. The standard InChI is InChI=1S/C18H16O2/c1-11-5-4-6-14(8-11)15-10-20-16-9-12(2)7-13(3)17(16)18(15)19/h4-10H,1-3H3. The molecule has 0 radical (unpaired) electrons. The van der Waals surface area contributed by atoms with E-state index in [4.69, 9.17) is 4.42 Å². The van der Waals surface area contributed by atoms with E-state index in [1.54, 1.807) is 6.26 Å². The molecule has 0 atom stereocenters. The van der Waals surface area contributed by atoms with Gasteiger partial charge < -0.3 is 4.42 Å². The van der Waals surface area contributed by atoms with Crippen LogP contribution in [-0.4, -0.2) is 0 Å². The number of rotatable bonds is 1. The highest BCUT2D eigenvalue weighted by Crippen LogP contribution is 2.23. The molecule has 0 aliphatic heterocycles. The van der Waals surface area contributed by atoms with E-state index in [2.05, 4.69) is 0 Å². The van der Waals surface area contributed by atoms with Crippen molar-refractivity contribution in [3.05, 3.63) is 69.6 Å². The minimum Gasteiger partial charge on any atom is -0.463 e. The summed E-state index contributed by atoms with van der Waals surface area (Å²) in [7, 11) is 0. The molecule has 2 aromatic carbocycles. The maximum absolute atomic E-state index is 12.7. The number of aryl methyl sites for hydroxylation is 3. The van der Waals surface area contributed by atoms with Gasteiger partial charge in [0.15, 0.2) is 0 Å². The summed E-state index contributed by atoms with van der Waals surface area (Å²) in [4.78, 5) is 12.7. The van der Waals surface area contributed by atoms with Crippen LogP contribution < -0.4 is 5.43 Å². The van der Waals surface area contributed by atoms with Gasteiger partial charge in [0, 0.05) is 0 Å². The summed E-state index contributed by atoms with van der Waals surface area (Å²) in [6.07, 6.45) is 1.57. The molecule has 0 aliphatic rings. The highest BCUT2D eigenvalue weighted by atomic mass is 16.3. The SMILES string of the molecule is Cc1cccc(-c2coc3cc(C)cc(C)c3c2=O)c1. The van der Waals surface area contributed by atoms with Crippen molar-refractivity contribution in [3.8, 4) is 11.1 Å². The summed E-state index contributed by atoms with van der Waals surface area (Å²) in [6, 6.07) is 11.8. The van der Waals surface area contributed by atoms with Crippen LogP contribution in [0.15, 0.2) is 51.9 Å². The summed E-state index contributed by atoms with van der Waals surface area (Å²) in [6.45, 7) is 5.97. The lowest BCUT2D eigenvalue weighted by Crippen LogP contribution is -2.06. The van der Waals surface area contributed by atoms with Crippen LogP contribution in [0.1, 0.15) is 16.7 Å². The first kappa shape index (κ1) is 12.7. The smallest absolute Gasteiger partial charge is 0.200 e. The molecule has 0 unspecified atom stereocenters. The van der Waals surface area contributed by atoms with Crippen molar-refractivity contribution in [2.24, 2.45) is 0 Å². The van der Waals surface area contributed by atoms with Crippen molar-refractivity contribution < 1.29 is 4.42 Å². The average Bonchev–Trinajstić information content (AvgIpc) is 2.38. The molecule has 100 valence electrons. The summed E-state index contributed by atoms with van der Waals surface area (Å²) in [5.74, 6) is 0. The molecule has 0 N–H and O–H groups in total. The Morgan fingerprint density at radius 2 is 1.75 bits per heavy atom. The van der Waals surface area contributed by atoms with Crippen LogP contribution in [0.3, 0.4) is 0 Å². The normalized spacial score (nSPS) is 10.9. The first-order valence-electron chi connectivity index (χ1n) is 6.66. The Morgan fingerprint density at radius 3 is 2.50 bits per heavy atom. The van der Waals surface area contributed by atoms with Gasteiger partial charge in [-0.15, -0.1) is 0 Å². The fraction of sp³-hybridized carbons (Fsp3) is 0.167. The molecule has 2 nitrogen and oxygen atoms in total. The van der Waals surface area contributed by atoms with Crippen LogP contribution in [0.5, 0.6) is 0 Å². The Bertz CT molecular complexity index is 857. The molecular weight excluding hydrogens is 248 g/mol. The first-order chi connectivity index (χ1) is 9.56. The Balaban J connectivity index is 2.35. The summed E-state index contributed by atoms with van der Waals surface area (Å²) in [5.41, 5.74) is 5.40. The predicted molar refractivity (Wildman–Crippen MR) is 82.1 cm³/mol. The maximum atomic E-state index is 12.7. The van der Waals surface area contributed by atoms with Crippen molar-refractivity contribution in [1.82, 2.24) is 0 Å². The van der Waals surface area contributed by atoms with Gasteiger partial charge in [-0.05, 0) is 43.5 Å². The second-order valence-corrected chi connectivity index (χ2v) is 5.30. The molecule has 1 heterocycles. The monoisotopic (exact) mass is 264 g/mol. The van der Waals surface area contributed by atoms with E-state index in [1.165, 1.54) is 0 Å². The molecule has 0 amide bonds. The minimum absolute atomic E-state index is 0.0364. The molecule has 3 rings (SSSR count).